The first-order valence-corrected chi connectivity index (χ1v) is 7.06. The van der Waals surface area contributed by atoms with Gasteiger partial charge in [-0.25, -0.2) is 0 Å². The van der Waals surface area contributed by atoms with Crippen molar-refractivity contribution in [2.24, 2.45) is 5.41 Å². The molecule has 20 heavy (non-hydrogen) atoms. The molecule has 0 bridgehead atoms. The summed E-state index contributed by atoms with van der Waals surface area (Å²) >= 11 is 0. The summed E-state index contributed by atoms with van der Waals surface area (Å²) < 4.78 is 11.1. The Kier molecular flexibility index (Phi) is 2.78. The Morgan fingerprint density at radius 1 is 1.15 bits per heavy atom. The molecule has 0 aromatic rings. The van der Waals surface area contributed by atoms with Crippen LogP contribution in [0.5, 0.6) is 0 Å². The predicted octanol–water partition coefficient (Wildman–Crippen LogP) is 0.578. The Balaban J connectivity index is 1.93. The van der Waals surface area contributed by atoms with E-state index in [1.54, 1.807) is 13.0 Å². The van der Waals surface area contributed by atoms with Crippen LogP contribution in [0.15, 0.2) is 12.2 Å². The van der Waals surface area contributed by atoms with Crippen molar-refractivity contribution >= 4 is 5.78 Å². The number of fused-ring (bicyclic) bond motifs is 2. The van der Waals surface area contributed by atoms with Gasteiger partial charge in [-0.3, -0.25) is 4.79 Å². The third-order valence-corrected chi connectivity index (χ3v) is 4.96. The highest BCUT2D eigenvalue weighted by Crippen LogP contribution is 2.50. The summed E-state index contributed by atoms with van der Waals surface area (Å²) in [7, 11) is 0. The number of ether oxygens (including phenoxy) is 2. The average Bonchev–Trinajstić information content (AvgIpc) is 3.21. The number of rotatable bonds is 0. The Morgan fingerprint density at radius 3 is 2.45 bits per heavy atom. The second-order valence-corrected chi connectivity index (χ2v) is 7.23. The molecule has 5 heteroatoms. The van der Waals surface area contributed by atoms with Gasteiger partial charge in [0.15, 0.2) is 11.4 Å². The third-order valence-electron chi connectivity index (χ3n) is 4.96. The minimum Gasteiger partial charge on any atom is -0.390 e. The summed E-state index contributed by atoms with van der Waals surface area (Å²) in [5, 5.41) is 20.7. The Morgan fingerprint density at radius 2 is 1.80 bits per heavy atom. The van der Waals surface area contributed by atoms with Crippen molar-refractivity contribution in [2.45, 2.75) is 69.7 Å². The molecular formula is C15H22O5. The number of carbonyl (C=O) groups excluding carboxylic acids is 1. The Labute approximate surface area is 118 Å². The molecule has 0 aromatic heterocycles. The zero-order valence-corrected chi connectivity index (χ0v) is 12.3. The lowest BCUT2D eigenvalue weighted by molar-refractivity contribution is -0.119. The molecular weight excluding hydrogens is 260 g/mol. The van der Waals surface area contributed by atoms with Gasteiger partial charge in [-0.1, -0.05) is 19.9 Å². The van der Waals surface area contributed by atoms with E-state index in [-0.39, 0.29) is 11.9 Å². The summed E-state index contributed by atoms with van der Waals surface area (Å²) in [4.78, 5) is 12.2. The molecule has 112 valence electrons. The highest BCUT2D eigenvalue weighted by molar-refractivity contribution is 5.99. The number of hydrogen-bond acceptors (Lipinski definition) is 5. The first-order valence-electron chi connectivity index (χ1n) is 7.06. The molecule has 2 aliphatic heterocycles. The summed E-state index contributed by atoms with van der Waals surface area (Å²) in [5.41, 5.74) is -2.07. The minimum absolute atomic E-state index is 0.163. The number of ketones is 1. The largest absolute Gasteiger partial charge is 0.390 e. The van der Waals surface area contributed by atoms with Crippen molar-refractivity contribution in [3.8, 4) is 0 Å². The van der Waals surface area contributed by atoms with Gasteiger partial charge in [-0.2, -0.15) is 0 Å². The summed E-state index contributed by atoms with van der Waals surface area (Å²) in [6.07, 6.45) is 1.24. The van der Waals surface area contributed by atoms with Crippen molar-refractivity contribution in [1.82, 2.24) is 0 Å². The number of hydrogen-bond donors (Lipinski definition) is 2. The lowest BCUT2D eigenvalue weighted by Gasteiger charge is -2.27. The standard InChI is InChI=1S/C15H22O5/c1-13(2)6-5-9(17)15(4)11(20-15)8(16)7-14(3)12(19-14)10(13)18/h5-6,8,10-12,16,18H,7H2,1-4H3/b6-5-/t8-,10+,11-,12+,14+,15+/m0/s1. The molecule has 2 saturated heterocycles. The lowest BCUT2D eigenvalue weighted by Crippen LogP contribution is -2.37. The second-order valence-electron chi connectivity index (χ2n) is 7.23. The molecule has 0 amide bonds. The summed E-state index contributed by atoms with van der Waals surface area (Å²) in [6.45, 7) is 7.31. The van der Waals surface area contributed by atoms with Gasteiger partial charge in [0.1, 0.15) is 12.2 Å². The molecule has 3 rings (SSSR count). The maximum atomic E-state index is 12.2. The fourth-order valence-electron chi connectivity index (χ4n) is 3.16. The van der Waals surface area contributed by atoms with Crippen molar-refractivity contribution in [2.75, 3.05) is 0 Å². The summed E-state index contributed by atoms with van der Waals surface area (Å²) in [6, 6.07) is 0. The van der Waals surface area contributed by atoms with Crippen LogP contribution >= 0.6 is 0 Å². The second kappa shape index (κ2) is 3.91. The van der Waals surface area contributed by atoms with E-state index < -0.39 is 34.9 Å². The SMILES string of the molecule is CC1(C)/C=C\C(=O)[C@@]2(C)O[C@H]2[C@@H](O)C[C@@]2(C)O[C@@H]2[C@H]1O. The van der Waals surface area contributed by atoms with Gasteiger partial charge < -0.3 is 19.7 Å². The number of aliphatic hydroxyl groups is 2. The number of carbonyl (C=O) groups is 1. The number of epoxide rings is 2. The van der Waals surface area contributed by atoms with Crippen LogP contribution in [0.2, 0.25) is 0 Å². The lowest BCUT2D eigenvalue weighted by atomic mass is 9.80. The van der Waals surface area contributed by atoms with Crippen molar-refractivity contribution in [1.29, 1.82) is 0 Å². The molecule has 5 nitrogen and oxygen atoms in total. The molecule has 0 aromatic carbocycles. The third kappa shape index (κ3) is 1.96. The van der Waals surface area contributed by atoms with Crippen LogP contribution in [0, 0.1) is 5.41 Å². The molecule has 0 unspecified atom stereocenters. The van der Waals surface area contributed by atoms with Gasteiger partial charge in [0.05, 0.1) is 17.8 Å². The van der Waals surface area contributed by atoms with E-state index in [0.29, 0.717) is 6.42 Å². The van der Waals surface area contributed by atoms with E-state index in [1.807, 2.05) is 20.8 Å². The first kappa shape index (κ1) is 14.2. The van der Waals surface area contributed by atoms with E-state index in [1.165, 1.54) is 6.08 Å². The normalized spacial score (nSPS) is 55.2. The molecule has 2 N–H and O–H groups in total. The fourth-order valence-corrected chi connectivity index (χ4v) is 3.16. The zero-order chi connectivity index (χ0) is 14.9. The van der Waals surface area contributed by atoms with Crippen LogP contribution in [0.25, 0.3) is 0 Å². The van der Waals surface area contributed by atoms with Crippen molar-refractivity contribution < 1.29 is 24.5 Å². The Bertz CT molecular complexity index is 485. The first-order chi connectivity index (χ1) is 9.10. The molecule has 0 radical (unpaired) electrons. The van der Waals surface area contributed by atoms with Crippen LogP contribution in [0.4, 0.5) is 0 Å². The van der Waals surface area contributed by atoms with Gasteiger partial charge in [0.25, 0.3) is 0 Å². The molecule has 0 saturated carbocycles. The van der Waals surface area contributed by atoms with Crippen LogP contribution in [0.1, 0.15) is 34.1 Å². The van der Waals surface area contributed by atoms with Crippen LogP contribution in [-0.2, 0) is 14.3 Å². The maximum Gasteiger partial charge on any atom is 0.189 e. The van der Waals surface area contributed by atoms with E-state index >= 15 is 0 Å². The van der Waals surface area contributed by atoms with Crippen molar-refractivity contribution in [3.63, 3.8) is 0 Å². The topological polar surface area (TPSA) is 82.6 Å². The minimum atomic E-state index is -0.942. The Hall–Kier alpha value is -0.750. The number of aliphatic hydroxyl groups excluding tert-OH is 2. The molecule has 0 spiro atoms. The predicted molar refractivity (Wildman–Crippen MR) is 71.1 cm³/mol. The summed E-state index contributed by atoms with van der Waals surface area (Å²) in [5.74, 6) is -0.163. The van der Waals surface area contributed by atoms with E-state index in [0.717, 1.165) is 0 Å². The zero-order valence-electron chi connectivity index (χ0n) is 12.3. The monoisotopic (exact) mass is 282 g/mol. The molecule has 3 aliphatic rings. The maximum absolute atomic E-state index is 12.2. The van der Waals surface area contributed by atoms with Crippen LogP contribution < -0.4 is 0 Å². The fraction of sp³-hybridized carbons (Fsp3) is 0.800. The van der Waals surface area contributed by atoms with Crippen molar-refractivity contribution in [3.05, 3.63) is 12.2 Å². The van der Waals surface area contributed by atoms with Crippen LogP contribution in [0.3, 0.4) is 0 Å². The average molecular weight is 282 g/mol. The van der Waals surface area contributed by atoms with Gasteiger partial charge in [0, 0.05) is 11.8 Å². The van der Waals surface area contributed by atoms with E-state index in [4.69, 9.17) is 9.47 Å². The van der Waals surface area contributed by atoms with Gasteiger partial charge >= 0.3 is 0 Å². The van der Waals surface area contributed by atoms with Gasteiger partial charge in [-0.05, 0) is 19.9 Å². The van der Waals surface area contributed by atoms with Gasteiger partial charge in [0.2, 0.25) is 0 Å². The van der Waals surface area contributed by atoms with E-state index in [9.17, 15) is 15.0 Å². The van der Waals surface area contributed by atoms with E-state index in [2.05, 4.69) is 0 Å². The highest BCUT2D eigenvalue weighted by Gasteiger charge is 2.65. The molecule has 2 heterocycles. The molecule has 1 aliphatic carbocycles. The highest BCUT2D eigenvalue weighted by atomic mass is 16.6. The molecule has 2 fully saturated rings. The smallest absolute Gasteiger partial charge is 0.189 e. The quantitative estimate of drug-likeness (QED) is 0.635. The molecule has 6 atom stereocenters. The van der Waals surface area contributed by atoms with Gasteiger partial charge in [-0.15, -0.1) is 0 Å². The van der Waals surface area contributed by atoms with Crippen LogP contribution in [-0.4, -0.2) is 51.6 Å².